The normalized spacial score (nSPS) is 25.5. The Bertz CT molecular complexity index is 879. The molecule has 6 heteroatoms. The van der Waals surface area contributed by atoms with E-state index in [2.05, 4.69) is 50.8 Å². The van der Waals surface area contributed by atoms with Crippen LogP contribution in [0.3, 0.4) is 0 Å². The fraction of sp³-hybridized carbons (Fsp3) is 0.640. The maximum Gasteiger partial charge on any atom is 0.119 e. The predicted molar refractivity (Wildman–Crippen MR) is 121 cm³/mol. The van der Waals surface area contributed by atoms with E-state index in [0.29, 0.717) is 19.2 Å². The molecule has 5 rings (SSSR count). The van der Waals surface area contributed by atoms with E-state index >= 15 is 0 Å². The molecule has 0 spiro atoms. The van der Waals surface area contributed by atoms with Gasteiger partial charge in [-0.05, 0) is 62.3 Å². The topological polar surface area (TPSA) is 53.8 Å². The van der Waals surface area contributed by atoms with Gasteiger partial charge in [-0.3, -0.25) is 14.5 Å². The number of nitrogens with zero attached hydrogens (tertiary/aromatic N) is 4. The highest BCUT2D eigenvalue weighted by Crippen LogP contribution is 2.38. The van der Waals surface area contributed by atoms with E-state index in [0.717, 1.165) is 42.9 Å². The van der Waals surface area contributed by atoms with Crippen molar-refractivity contribution < 1.29 is 9.84 Å². The molecule has 1 unspecified atom stereocenters. The highest BCUT2D eigenvalue weighted by Gasteiger charge is 2.35. The van der Waals surface area contributed by atoms with Crippen LogP contribution in [0.25, 0.3) is 0 Å². The van der Waals surface area contributed by atoms with E-state index in [1.165, 1.54) is 43.6 Å². The van der Waals surface area contributed by atoms with Crippen LogP contribution in [0.2, 0.25) is 0 Å². The van der Waals surface area contributed by atoms with E-state index in [-0.39, 0.29) is 0 Å². The molecule has 1 N–H and O–H groups in total. The van der Waals surface area contributed by atoms with Crippen molar-refractivity contribution in [2.75, 3.05) is 39.3 Å². The third-order valence-corrected chi connectivity index (χ3v) is 7.35. The van der Waals surface area contributed by atoms with Crippen molar-refractivity contribution in [3.8, 4) is 5.75 Å². The molecule has 1 aromatic heterocycles. The van der Waals surface area contributed by atoms with Crippen LogP contribution in [0.4, 0.5) is 0 Å². The smallest absolute Gasteiger partial charge is 0.119 e. The molecule has 3 fully saturated rings. The maximum absolute atomic E-state index is 10.5. The molecule has 3 atom stereocenters. The summed E-state index contributed by atoms with van der Waals surface area (Å²) in [6, 6.07) is 10.9. The number of β-amino-alcohol motifs (C(OH)–C–C–N with tert-alkyl or cyclic N) is 1. The zero-order chi connectivity index (χ0) is 21.4. The van der Waals surface area contributed by atoms with E-state index in [4.69, 9.17) is 4.74 Å². The predicted octanol–water partition coefficient (Wildman–Crippen LogP) is 3.03. The summed E-state index contributed by atoms with van der Waals surface area (Å²) < 4.78 is 8.06. The molecule has 2 saturated heterocycles. The number of rotatable bonds is 8. The number of hydrogen-bond donors (Lipinski definition) is 1. The Hall–Kier alpha value is -1.89. The quantitative estimate of drug-likeness (QED) is 0.706. The molecule has 31 heavy (non-hydrogen) atoms. The Morgan fingerprint density at radius 2 is 1.84 bits per heavy atom. The molecular formula is C25H36N4O2. The molecular weight excluding hydrogens is 388 g/mol. The second kappa shape index (κ2) is 8.93. The minimum Gasteiger partial charge on any atom is -0.491 e. The van der Waals surface area contributed by atoms with Gasteiger partial charge in [-0.2, -0.15) is 5.10 Å². The molecule has 6 nitrogen and oxygen atoms in total. The largest absolute Gasteiger partial charge is 0.491 e. The van der Waals surface area contributed by atoms with Gasteiger partial charge >= 0.3 is 0 Å². The van der Waals surface area contributed by atoms with Crippen molar-refractivity contribution >= 4 is 0 Å². The fourth-order valence-corrected chi connectivity index (χ4v) is 5.86. The van der Waals surface area contributed by atoms with Gasteiger partial charge in [-0.1, -0.05) is 18.6 Å². The fourth-order valence-electron chi connectivity index (χ4n) is 5.86. The Kier molecular flexibility index (Phi) is 6.04. The zero-order valence-electron chi connectivity index (χ0n) is 18.9. The Morgan fingerprint density at radius 1 is 1.06 bits per heavy atom. The van der Waals surface area contributed by atoms with Crippen LogP contribution in [-0.2, 0) is 6.54 Å². The summed E-state index contributed by atoms with van der Waals surface area (Å²) in [4.78, 5) is 4.88. The number of aryl methyl sites for hydroxylation is 2. The molecule has 0 bridgehead atoms. The average molecular weight is 425 g/mol. The van der Waals surface area contributed by atoms with Gasteiger partial charge in [0.1, 0.15) is 18.5 Å². The van der Waals surface area contributed by atoms with Gasteiger partial charge < -0.3 is 9.84 Å². The molecule has 3 heterocycles. The Morgan fingerprint density at radius 3 is 2.55 bits per heavy atom. The molecule has 1 saturated carbocycles. The summed E-state index contributed by atoms with van der Waals surface area (Å²) >= 11 is 0. The van der Waals surface area contributed by atoms with Crippen molar-refractivity contribution in [2.24, 2.45) is 11.8 Å². The summed E-state index contributed by atoms with van der Waals surface area (Å²) in [7, 11) is 0. The molecule has 1 aromatic carbocycles. The lowest BCUT2D eigenvalue weighted by Gasteiger charge is -2.40. The highest BCUT2D eigenvalue weighted by molar-refractivity contribution is 5.28. The third-order valence-electron chi connectivity index (χ3n) is 7.35. The summed E-state index contributed by atoms with van der Waals surface area (Å²) in [6.07, 6.45) is 3.78. The lowest BCUT2D eigenvalue weighted by molar-refractivity contribution is 0.0199. The van der Waals surface area contributed by atoms with Gasteiger partial charge in [0.15, 0.2) is 0 Å². The number of likely N-dealkylation sites (tertiary alicyclic amines) is 2. The van der Waals surface area contributed by atoms with Crippen LogP contribution in [0, 0.1) is 25.7 Å². The highest BCUT2D eigenvalue weighted by atomic mass is 16.5. The second-order valence-corrected chi connectivity index (χ2v) is 10.0. The number of fused-ring (bicyclic) bond motifs is 1. The maximum atomic E-state index is 10.5. The average Bonchev–Trinajstić information content (AvgIpc) is 3.38. The molecule has 168 valence electrons. The van der Waals surface area contributed by atoms with E-state index in [9.17, 15) is 5.11 Å². The first kappa shape index (κ1) is 21.0. The van der Waals surface area contributed by atoms with Crippen LogP contribution in [0.5, 0.6) is 5.75 Å². The van der Waals surface area contributed by atoms with Crippen LogP contribution in [-0.4, -0.2) is 70.1 Å². The van der Waals surface area contributed by atoms with E-state index in [1.54, 1.807) is 0 Å². The van der Waals surface area contributed by atoms with Crippen molar-refractivity contribution in [3.63, 3.8) is 0 Å². The van der Waals surface area contributed by atoms with Crippen LogP contribution in [0.1, 0.15) is 42.3 Å². The summed E-state index contributed by atoms with van der Waals surface area (Å²) in [5.41, 5.74) is 3.59. The van der Waals surface area contributed by atoms with E-state index in [1.807, 2.05) is 13.0 Å². The van der Waals surface area contributed by atoms with E-state index < -0.39 is 6.10 Å². The number of benzene rings is 1. The molecule has 3 aliphatic rings. The van der Waals surface area contributed by atoms with Crippen molar-refractivity contribution in [1.29, 1.82) is 0 Å². The van der Waals surface area contributed by atoms with Crippen LogP contribution >= 0.6 is 0 Å². The lowest BCUT2D eigenvalue weighted by Crippen LogP contribution is -2.51. The first-order valence-electron chi connectivity index (χ1n) is 11.9. The number of aliphatic hydroxyl groups excluding tert-OH is 1. The number of aliphatic hydroxyl groups is 1. The third kappa shape index (κ3) is 4.81. The summed E-state index contributed by atoms with van der Waals surface area (Å²) in [5.74, 6) is 2.72. The monoisotopic (exact) mass is 424 g/mol. The van der Waals surface area contributed by atoms with Gasteiger partial charge in [-0.15, -0.1) is 0 Å². The van der Waals surface area contributed by atoms with Gasteiger partial charge in [0, 0.05) is 45.0 Å². The first-order valence-corrected chi connectivity index (χ1v) is 11.9. The molecule has 1 aliphatic carbocycles. The van der Waals surface area contributed by atoms with Gasteiger partial charge in [-0.25, -0.2) is 0 Å². The summed E-state index contributed by atoms with van der Waals surface area (Å²) in [6.45, 7) is 10.5. The Labute approximate surface area is 185 Å². The minimum atomic E-state index is -0.483. The standard InChI is InChI=1S/C25H36N4O2/c1-18-9-19(2)29(26-18)23-14-28(15-23)16-24(30)17-31-25-8-3-5-20(10-25)11-27-12-21-6-4-7-22(21)13-27/h3,5,8-10,21-24,30H,4,6-7,11-17H2,1-2H3/t21-,22+,24?. The lowest BCUT2D eigenvalue weighted by atomic mass is 10.0. The minimum absolute atomic E-state index is 0.332. The molecule has 0 radical (unpaired) electrons. The van der Waals surface area contributed by atoms with Crippen LogP contribution < -0.4 is 4.74 Å². The zero-order valence-corrected chi connectivity index (χ0v) is 18.9. The molecule has 2 aromatic rings. The second-order valence-electron chi connectivity index (χ2n) is 10.0. The van der Waals surface area contributed by atoms with Gasteiger partial charge in [0.2, 0.25) is 0 Å². The molecule has 2 aliphatic heterocycles. The number of ether oxygens (including phenoxy) is 1. The Balaban J connectivity index is 1.05. The van der Waals surface area contributed by atoms with Crippen LogP contribution in [0.15, 0.2) is 30.3 Å². The molecule has 0 amide bonds. The number of hydrogen-bond acceptors (Lipinski definition) is 5. The van der Waals surface area contributed by atoms with Crippen molar-refractivity contribution in [1.82, 2.24) is 19.6 Å². The number of aromatic nitrogens is 2. The van der Waals surface area contributed by atoms with Crippen molar-refractivity contribution in [2.45, 2.75) is 51.8 Å². The van der Waals surface area contributed by atoms with Gasteiger partial charge in [0.25, 0.3) is 0 Å². The van der Waals surface area contributed by atoms with Gasteiger partial charge in [0.05, 0.1) is 11.7 Å². The van der Waals surface area contributed by atoms with Crippen molar-refractivity contribution in [3.05, 3.63) is 47.3 Å². The first-order chi connectivity index (χ1) is 15.0. The SMILES string of the molecule is Cc1cc(C)n(C2CN(CC(O)COc3cccc(CN4C[C@H]5CCC[C@H]5C4)c3)C2)n1. The summed E-state index contributed by atoms with van der Waals surface area (Å²) in [5, 5.41) is 15.0.